The van der Waals surface area contributed by atoms with E-state index in [1.54, 1.807) is 23.0 Å². The van der Waals surface area contributed by atoms with E-state index in [1.165, 1.54) is 25.7 Å². The van der Waals surface area contributed by atoms with Crippen LogP contribution in [0.2, 0.25) is 0 Å². The predicted molar refractivity (Wildman–Crippen MR) is 127 cm³/mol. The SMILES string of the molecule is O=C1Nc2cc(NC(=O)n3ccnc3C3NCCCC3C3CC3)ccc2/C1=C/c1ccc[nH]1. The van der Waals surface area contributed by atoms with E-state index in [2.05, 4.69) is 25.9 Å². The first-order valence-electron chi connectivity index (χ1n) is 11.6. The number of aromatic nitrogens is 3. The largest absolute Gasteiger partial charge is 0.362 e. The second-order valence-electron chi connectivity index (χ2n) is 9.06. The number of aromatic amines is 1. The molecule has 1 saturated heterocycles. The van der Waals surface area contributed by atoms with E-state index in [0.29, 0.717) is 22.9 Å². The molecular formula is C25H26N6O2. The maximum absolute atomic E-state index is 13.2. The molecule has 1 aromatic carbocycles. The van der Waals surface area contributed by atoms with Crippen molar-refractivity contribution in [2.75, 3.05) is 17.2 Å². The highest BCUT2D eigenvalue weighted by atomic mass is 16.2. The molecule has 6 rings (SSSR count). The summed E-state index contributed by atoms with van der Waals surface area (Å²) in [5.41, 5.74) is 3.57. The number of hydrogen-bond donors (Lipinski definition) is 4. The lowest BCUT2D eigenvalue weighted by molar-refractivity contribution is -0.110. The summed E-state index contributed by atoms with van der Waals surface area (Å²) >= 11 is 0. The van der Waals surface area contributed by atoms with Crippen LogP contribution in [0.3, 0.4) is 0 Å². The molecule has 3 aromatic rings. The molecule has 2 unspecified atom stereocenters. The molecule has 2 fully saturated rings. The third-order valence-corrected chi connectivity index (χ3v) is 6.88. The van der Waals surface area contributed by atoms with Gasteiger partial charge >= 0.3 is 6.03 Å². The lowest BCUT2D eigenvalue weighted by atomic mass is 9.86. The van der Waals surface area contributed by atoms with Crippen molar-refractivity contribution in [3.63, 3.8) is 0 Å². The molecule has 1 aliphatic carbocycles. The Bertz CT molecular complexity index is 1240. The number of imidazole rings is 1. The van der Waals surface area contributed by atoms with Gasteiger partial charge in [-0.25, -0.2) is 9.78 Å². The third-order valence-electron chi connectivity index (χ3n) is 6.88. The third kappa shape index (κ3) is 3.76. The minimum Gasteiger partial charge on any atom is -0.362 e. The quantitative estimate of drug-likeness (QED) is 0.454. The van der Waals surface area contributed by atoms with Crippen LogP contribution >= 0.6 is 0 Å². The fourth-order valence-electron chi connectivity index (χ4n) is 5.13. The van der Waals surface area contributed by atoms with Crippen molar-refractivity contribution in [2.45, 2.75) is 31.7 Å². The Morgan fingerprint density at radius 2 is 2.12 bits per heavy atom. The molecule has 2 aromatic heterocycles. The predicted octanol–water partition coefficient (Wildman–Crippen LogP) is 4.23. The molecule has 2 amide bonds. The lowest BCUT2D eigenvalue weighted by Crippen LogP contribution is -2.38. The van der Waals surface area contributed by atoms with Gasteiger partial charge in [0.2, 0.25) is 0 Å². The van der Waals surface area contributed by atoms with Crippen LogP contribution in [0.25, 0.3) is 11.6 Å². The molecule has 4 N–H and O–H groups in total. The number of benzene rings is 1. The second kappa shape index (κ2) is 8.04. The van der Waals surface area contributed by atoms with E-state index in [9.17, 15) is 9.59 Å². The van der Waals surface area contributed by atoms with Crippen LogP contribution in [0, 0.1) is 11.8 Å². The van der Waals surface area contributed by atoms with Crippen molar-refractivity contribution < 1.29 is 9.59 Å². The monoisotopic (exact) mass is 442 g/mol. The number of nitrogens with one attached hydrogen (secondary N) is 4. The number of fused-ring (bicyclic) bond motifs is 1. The topological polar surface area (TPSA) is 104 Å². The molecule has 168 valence electrons. The molecule has 1 saturated carbocycles. The van der Waals surface area contributed by atoms with Crippen LogP contribution in [-0.4, -0.2) is 33.0 Å². The summed E-state index contributed by atoms with van der Waals surface area (Å²) in [7, 11) is 0. The van der Waals surface area contributed by atoms with Crippen LogP contribution in [0.4, 0.5) is 16.2 Å². The average Bonchev–Trinajstić information content (AvgIpc) is 3.20. The van der Waals surface area contributed by atoms with E-state index >= 15 is 0 Å². The van der Waals surface area contributed by atoms with Gasteiger partial charge in [0.15, 0.2) is 0 Å². The van der Waals surface area contributed by atoms with Gasteiger partial charge in [0.1, 0.15) is 5.82 Å². The van der Waals surface area contributed by atoms with E-state index in [0.717, 1.165) is 29.5 Å². The smallest absolute Gasteiger partial charge is 0.331 e. The number of rotatable bonds is 4. The molecule has 0 spiro atoms. The van der Waals surface area contributed by atoms with Crippen molar-refractivity contribution in [1.82, 2.24) is 19.9 Å². The van der Waals surface area contributed by atoms with Gasteiger partial charge in [-0.1, -0.05) is 6.07 Å². The van der Waals surface area contributed by atoms with Crippen molar-refractivity contribution in [2.24, 2.45) is 11.8 Å². The van der Waals surface area contributed by atoms with E-state index < -0.39 is 0 Å². The van der Waals surface area contributed by atoms with Gasteiger partial charge in [0.25, 0.3) is 5.91 Å². The normalized spacial score (nSPS) is 23.4. The van der Waals surface area contributed by atoms with Crippen LogP contribution < -0.4 is 16.0 Å². The first kappa shape index (κ1) is 20.0. The van der Waals surface area contributed by atoms with Crippen molar-refractivity contribution >= 4 is 35.0 Å². The number of carbonyl (C=O) groups is 2. The highest BCUT2D eigenvalue weighted by molar-refractivity contribution is 6.35. The Hall–Kier alpha value is -3.65. The second-order valence-corrected chi connectivity index (χ2v) is 9.06. The first-order valence-corrected chi connectivity index (χ1v) is 11.6. The minimum absolute atomic E-state index is 0.104. The molecule has 2 aliphatic heterocycles. The molecular weight excluding hydrogens is 416 g/mol. The average molecular weight is 443 g/mol. The molecule has 8 heteroatoms. The fourth-order valence-corrected chi connectivity index (χ4v) is 5.13. The molecule has 4 heterocycles. The lowest BCUT2D eigenvalue weighted by Gasteiger charge is -2.32. The molecule has 3 aliphatic rings. The molecule has 8 nitrogen and oxygen atoms in total. The van der Waals surface area contributed by atoms with Crippen molar-refractivity contribution in [1.29, 1.82) is 0 Å². The zero-order valence-electron chi connectivity index (χ0n) is 18.2. The number of carbonyl (C=O) groups excluding carboxylic acids is 2. The van der Waals surface area contributed by atoms with Gasteiger partial charge in [-0.05, 0) is 74.4 Å². The van der Waals surface area contributed by atoms with Crippen molar-refractivity contribution in [3.8, 4) is 0 Å². The molecule has 0 bridgehead atoms. The Labute approximate surface area is 191 Å². The van der Waals surface area contributed by atoms with Gasteiger partial charge in [0.05, 0.1) is 17.3 Å². The summed E-state index contributed by atoms with van der Waals surface area (Å²) in [6, 6.07) is 9.12. The first-order chi connectivity index (χ1) is 16.2. The maximum atomic E-state index is 13.2. The summed E-state index contributed by atoms with van der Waals surface area (Å²) < 4.78 is 1.61. The van der Waals surface area contributed by atoms with E-state index in [1.807, 2.05) is 36.5 Å². The highest BCUT2D eigenvalue weighted by Crippen LogP contribution is 2.46. The number of anilines is 2. The number of H-pyrrole nitrogens is 1. The fraction of sp³-hybridized carbons (Fsp3) is 0.320. The maximum Gasteiger partial charge on any atom is 0.331 e. The number of piperidine rings is 1. The van der Waals surface area contributed by atoms with Crippen LogP contribution in [0.1, 0.15) is 48.8 Å². The zero-order chi connectivity index (χ0) is 22.4. The summed E-state index contributed by atoms with van der Waals surface area (Å²) in [5, 5.41) is 9.46. The summed E-state index contributed by atoms with van der Waals surface area (Å²) in [4.78, 5) is 33.3. The number of nitrogens with zero attached hydrogens (tertiary/aromatic N) is 2. The standard InChI is InChI=1S/C25H26N6O2/c32-24-20(13-16-3-1-9-26-16)19-8-7-17(14-21(19)30-24)29-25(33)31-12-11-28-23(31)22-18(15-5-6-15)4-2-10-27-22/h1,3,7-9,11-15,18,22,26-27H,2,4-6,10H2,(H,29,33)(H,30,32)/b20-13-. The van der Waals surface area contributed by atoms with Gasteiger partial charge in [-0.15, -0.1) is 0 Å². The Balaban J connectivity index is 1.23. The Morgan fingerprint density at radius 1 is 1.21 bits per heavy atom. The van der Waals surface area contributed by atoms with Gasteiger partial charge < -0.3 is 20.9 Å². The highest BCUT2D eigenvalue weighted by Gasteiger charge is 2.40. The minimum atomic E-state index is -0.254. The summed E-state index contributed by atoms with van der Waals surface area (Å²) in [5.74, 6) is 1.89. The zero-order valence-corrected chi connectivity index (χ0v) is 18.2. The summed E-state index contributed by atoms with van der Waals surface area (Å²) in [6.07, 6.45) is 12.0. The van der Waals surface area contributed by atoms with Crippen LogP contribution in [0.5, 0.6) is 0 Å². The number of amides is 2. The molecule has 2 atom stereocenters. The van der Waals surface area contributed by atoms with E-state index in [-0.39, 0.29) is 18.0 Å². The van der Waals surface area contributed by atoms with Gasteiger partial charge in [-0.3, -0.25) is 9.36 Å². The van der Waals surface area contributed by atoms with Crippen LogP contribution in [0.15, 0.2) is 48.9 Å². The number of hydrogen-bond acceptors (Lipinski definition) is 4. The molecule has 33 heavy (non-hydrogen) atoms. The van der Waals surface area contributed by atoms with Crippen molar-refractivity contribution in [3.05, 3.63) is 66.0 Å². The summed E-state index contributed by atoms with van der Waals surface area (Å²) in [6.45, 7) is 0.950. The molecule has 0 radical (unpaired) electrons. The Kier molecular flexibility index (Phi) is 4.87. The Morgan fingerprint density at radius 3 is 2.94 bits per heavy atom. The van der Waals surface area contributed by atoms with Crippen LogP contribution in [-0.2, 0) is 4.79 Å². The van der Waals surface area contributed by atoms with Gasteiger partial charge in [0, 0.05) is 35.5 Å². The van der Waals surface area contributed by atoms with E-state index in [4.69, 9.17) is 0 Å². The van der Waals surface area contributed by atoms with Gasteiger partial charge in [-0.2, -0.15) is 0 Å².